The summed E-state index contributed by atoms with van der Waals surface area (Å²) in [6.45, 7) is 0. The van der Waals surface area contributed by atoms with E-state index in [9.17, 15) is 9.90 Å². The van der Waals surface area contributed by atoms with Crippen LogP contribution >= 0.6 is 27.5 Å². The molecule has 1 aliphatic carbocycles. The number of carbonyl (C=O) groups is 1. The Morgan fingerprint density at radius 3 is 2.67 bits per heavy atom. The molecule has 2 rings (SSSR count). The number of hydrogen-bond acceptors (Lipinski definition) is 1. The second-order valence-corrected chi connectivity index (χ2v) is 5.05. The molecule has 2 nitrogen and oxygen atoms in total. The minimum atomic E-state index is -0.786. The van der Waals surface area contributed by atoms with Gasteiger partial charge in [-0.1, -0.05) is 33.6 Å². The molecule has 0 bridgehead atoms. The van der Waals surface area contributed by atoms with Crippen molar-refractivity contribution < 1.29 is 9.90 Å². The van der Waals surface area contributed by atoms with Crippen molar-refractivity contribution >= 4 is 33.5 Å². The highest BCUT2D eigenvalue weighted by Crippen LogP contribution is 2.46. The van der Waals surface area contributed by atoms with Crippen LogP contribution in [0.3, 0.4) is 0 Å². The van der Waals surface area contributed by atoms with Crippen LogP contribution < -0.4 is 0 Å². The van der Waals surface area contributed by atoms with Crippen molar-refractivity contribution in [3.8, 4) is 0 Å². The second kappa shape index (κ2) is 4.14. The molecule has 0 spiro atoms. The largest absolute Gasteiger partial charge is 0.481 e. The normalized spacial score (nSPS) is 17.5. The number of halogens is 2. The topological polar surface area (TPSA) is 37.3 Å². The minimum absolute atomic E-state index is 0.249. The third-order valence-corrected chi connectivity index (χ3v) is 3.69. The molecule has 1 aromatic carbocycles. The van der Waals surface area contributed by atoms with Gasteiger partial charge in [-0.25, -0.2) is 0 Å². The Hall–Kier alpha value is -0.540. The Labute approximate surface area is 101 Å². The van der Waals surface area contributed by atoms with Gasteiger partial charge < -0.3 is 5.11 Å². The Morgan fingerprint density at radius 1 is 1.53 bits per heavy atom. The third-order valence-electron chi connectivity index (χ3n) is 2.67. The van der Waals surface area contributed by atoms with Crippen LogP contribution in [0.1, 0.15) is 24.3 Å². The summed E-state index contributed by atoms with van der Waals surface area (Å²) in [4.78, 5) is 11.2. The van der Waals surface area contributed by atoms with E-state index >= 15 is 0 Å². The molecule has 1 aliphatic rings. The van der Waals surface area contributed by atoms with Crippen molar-refractivity contribution in [2.45, 2.75) is 18.8 Å². The van der Waals surface area contributed by atoms with E-state index in [2.05, 4.69) is 15.9 Å². The number of benzene rings is 1. The van der Waals surface area contributed by atoms with Gasteiger partial charge in [-0.15, -0.1) is 0 Å². The van der Waals surface area contributed by atoms with E-state index in [0.29, 0.717) is 10.6 Å². The Bertz CT molecular complexity index is 381. The van der Waals surface area contributed by atoms with Crippen LogP contribution in [-0.2, 0) is 4.79 Å². The number of rotatable bonds is 3. The zero-order chi connectivity index (χ0) is 11.0. The standard InChI is InChI=1S/C11H10BrClO2/c12-7-2-1-3-8(13)10(7)9(11(14)15)6-4-5-6/h1-3,6,9H,4-5H2,(H,14,15). The van der Waals surface area contributed by atoms with E-state index in [4.69, 9.17) is 11.6 Å². The molecule has 1 N–H and O–H groups in total. The zero-order valence-electron chi connectivity index (χ0n) is 7.91. The van der Waals surface area contributed by atoms with E-state index in [1.54, 1.807) is 6.07 Å². The van der Waals surface area contributed by atoms with Crippen molar-refractivity contribution in [1.29, 1.82) is 0 Å². The van der Waals surface area contributed by atoms with Gasteiger partial charge >= 0.3 is 5.97 Å². The average Bonchev–Trinajstić information content (AvgIpc) is 2.94. The lowest BCUT2D eigenvalue weighted by molar-refractivity contribution is -0.139. The van der Waals surface area contributed by atoms with Crippen molar-refractivity contribution in [2.75, 3.05) is 0 Å². The quantitative estimate of drug-likeness (QED) is 0.921. The summed E-state index contributed by atoms with van der Waals surface area (Å²) in [6, 6.07) is 5.38. The van der Waals surface area contributed by atoms with Crippen LogP contribution in [0.15, 0.2) is 22.7 Å². The van der Waals surface area contributed by atoms with Gasteiger partial charge in [-0.05, 0) is 36.5 Å². The molecule has 0 amide bonds. The Balaban J connectivity index is 2.45. The highest BCUT2D eigenvalue weighted by molar-refractivity contribution is 9.10. The van der Waals surface area contributed by atoms with Crippen molar-refractivity contribution in [3.63, 3.8) is 0 Å². The van der Waals surface area contributed by atoms with Crippen LogP contribution in [0.5, 0.6) is 0 Å². The van der Waals surface area contributed by atoms with Gasteiger partial charge in [0.2, 0.25) is 0 Å². The number of aliphatic carboxylic acids is 1. The minimum Gasteiger partial charge on any atom is -0.481 e. The van der Waals surface area contributed by atoms with Gasteiger partial charge in [-0.2, -0.15) is 0 Å². The molecule has 1 atom stereocenters. The van der Waals surface area contributed by atoms with Gasteiger partial charge in [0, 0.05) is 9.50 Å². The van der Waals surface area contributed by atoms with E-state index in [1.807, 2.05) is 12.1 Å². The van der Waals surface area contributed by atoms with Gasteiger partial charge in [0.05, 0.1) is 5.92 Å². The lowest BCUT2D eigenvalue weighted by Gasteiger charge is -2.15. The summed E-state index contributed by atoms with van der Waals surface area (Å²) >= 11 is 9.41. The molecule has 0 saturated heterocycles. The predicted octanol–water partition coefficient (Wildman–Crippen LogP) is 3.68. The third kappa shape index (κ3) is 2.18. The van der Waals surface area contributed by atoms with Gasteiger partial charge in [0.25, 0.3) is 0 Å². The van der Waals surface area contributed by atoms with E-state index < -0.39 is 11.9 Å². The predicted molar refractivity (Wildman–Crippen MR) is 62.3 cm³/mol. The van der Waals surface area contributed by atoms with Crippen LogP contribution in [0.2, 0.25) is 5.02 Å². The molecular weight excluding hydrogens is 279 g/mol. The molecule has 1 fully saturated rings. The molecule has 1 saturated carbocycles. The monoisotopic (exact) mass is 288 g/mol. The Morgan fingerprint density at radius 2 is 2.20 bits per heavy atom. The summed E-state index contributed by atoms with van der Waals surface area (Å²) < 4.78 is 0.786. The molecule has 1 unspecified atom stereocenters. The van der Waals surface area contributed by atoms with E-state index in [0.717, 1.165) is 17.3 Å². The highest BCUT2D eigenvalue weighted by atomic mass is 79.9. The fourth-order valence-corrected chi connectivity index (χ4v) is 2.82. The highest BCUT2D eigenvalue weighted by Gasteiger charge is 2.39. The maximum absolute atomic E-state index is 11.2. The SMILES string of the molecule is O=C(O)C(c1c(Cl)cccc1Br)C1CC1. The number of carboxylic acids is 1. The second-order valence-electron chi connectivity index (χ2n) is 3.79. The zero-order valence-corrected chi connectivity index (χ0v) is 10.3. The summed E-state index contributed by atoms with van der Waals surface area (Å²) in [5.74, 6) is -1.00. The summed E-state index contributed by atoms with van der Waals surface area (Å²) in [5.41, 5.74) is 0.717. The first-order valence-corrected chi connectivity index (χ1v) is 5.95. The molecule has 80 valence electrons. The van der Waals surface area contributed by atoms with E-state index in [1.165, 1.54) is 0 Å². The lowest BCUT2D eigenvalue weighted by Crippen LogP contribution is -2.14. The van der Waals surface area contributed by atoms with Crippen LogP contribution in [0, 0.1) is 5.92 Å². The molecule has 0 aliphatic heterocycles. The summed E-state index contributed by atoms with van der Waals surface area (Å²) in [5, 5.41) is 9.74. The smallest absolute Gasteiger partial charge is 0.311 e. The molecular formula is C11H10BrClO2. The summed E-state index contributed by atoms with van der Waals surface area (Å²) in [6.07, 6.45) is 1.96. The first-order chi connectivity index (χ1) is 7.11. The Kier molecular flexibility index (Phi) is 3.03. The fraction of sp³-hybridized carbons (Fsp3) is 0.364. The average molecular weight is 290 g/mol. The molecule has 0 radical (unpaired) electrons. The van der Waals surface area contributed by atoms with Crippen LogP contribution in [-0.4, -0.2) is 11.1 Å². The summed E-state index contributed by atoms with van der Waals surface area (Å²) in [7, 11) is 0. The lowest BCUT2D eigenvalue weighted by atomic mass is 9.94. The molecule has 0 heterocycles. The maximum atomic E-state index is 11.2. The van der Waals surface area contributed by atoms with Crippen molar-refractivity contribution in [3.05, 3.63) is 33.3 Å². The van der Waals surface area contributed by atoms with Gasteiger partial charge in [0.1, 0.15) is 0 Å². The van der Waals surface area contributed by atoms with Gasteiger partial charge in [0.15, 0.2) is 0 Å². The molecule has 1 aromatic rings. The molecule has 15 heavy (non-hydrogen) atoms. The van der Waals surface area contributed by atoms with E-state index in [-0.39, 0.29) is 5.92 Å². The van der Waals surface area contributed by atoms with Gasteiger partial charge in [-0.3, -0.25) is 4.79 Å². The first kappa shape index (κ1) is 11.0. The number of carboxylic acid groups (broad SMARTS) is 1. The van der Waals surface area contributed by atoms with Crippen molar-refractivity contribution in [1.82, 2.24) is 0 Å². The number of hydrogen-bond donors (Lipinski definition) is 1. The van der Waals surface area contributed by atoms with Crippen LogP contribution in [0.4, 0.5) is 0 Å². The maximum Gasteiger partial charge on any atom is 0.311 e. The fourth-order valence-electron chi connectivity index (χ4n) is 1.80. The van der Waals surface area contributed by atoms with Crippen molar-refractivity contribution in [2.24, 2.45) is 5.92 Å². The molecule has 0 aromatic heterocycles. The molecule has 4 heteroatoms. The van der Waals surface area contributed by atoms with Crippen LogP contribution in [0.25, 0.3) is 0 Å². The first-order valence-electron chi connectivity index (χ1n) is 4.78.